The summed E-state index contributed by atoms with van der Waals surface area (Å²) in [5, 5.41) is 0.246. The Labute approximate surface area is 127 Å². The number of piperidine rings is 1. The quantitative estimate of drug-likeness (QED) is 0.892. The number of hydrogen-bond acceptors (Lipinski definition) is 3. The summed E-state index contributed by atoms with van der Waals surface area (Å²) in [5.41, 5.74) is 5.62. The van der Waals surface area contributed by atoms with Gasteiger partial charge in [-0.05, 0) is 43.5 Å². The van der Waals surface area contributed by atoms with E-state index in [1.807, 2.05) is 0 Å². The van der Waals surface area contributed by atoms with Gasteiger partial charge in [-0.1, -0.05) is 27.5 Å². The Hall–Kier alpha value is -0.140. The zero-order chi connectivity index (χ0) is 14.0. The van der Waals surface area contributed by atoms with E-state index >= 15 is 0 Å². The van der Waals surface area contributed by atoms with Gasteiger partial charge in [0.2, 0.25) is 10.0 Å². The van der Waals surface area contributed by atoms with E-state index in [1.54, 1.807) is 12.1 Å². The number of hydrogen-bond donors (Lipinski definition) is 1. The Morgan fingerprint density at radius 3 is 2.53 bits per heavy atom. The van der Waals surface area contributed by atoms with Crippen LogP contribution in [0.5, 0.6) is 0 Å². The summed E-state index contributed by atoms with van der Waals surface area (Å²) in [4.78, 5) is 0.170. The summed E-state index contributed by atoms with van der Waals surface area (Å²) < 4.78 is 27.3. The lowest BCUT2D eigenvalue weighted by Crippen LogP contribution is -2.40. The van der Waals surface area contributed by atoms with Crippen LogP contribution in [-0.2, 0) is 10.0 Å². The van der Waals surface area contributed by atoms with Gasteiger partial charge in [-0.15, -0.1) is 0 Å². The topological polar surface area (TPSA) is 63.4 Å². The van der Waals surface area contributed by atoms with Crippen LogP contribution >= 0.6 is 27.5 Å². The van der Waals surface area contributed by atoms with Crippen molar-refractivity contribution in [3.63, 3.8) is 0 Å². The van der Waals surface area contributed by atoms with E-state index in [4.69, 9.17) is 17.3 Å². The molecule has 106 valence electrons. The van der Waals surface area contributed by atoms with Crippen LogP contribution in [-0.4, -0.2) is 32.4 Å². The van der Waals surface area contributed by atoms with Crippen molar-refractivity contribution in [3.05, 3.63) is 27.7 Å². The van der Waals surface area contributed by atoms with Gasteiger partial charge in [0.1, 0.15) is 4.90 Å². The van der Waals surface area contributed by atoms with Crippen molar-refractivity contribution in [1.29, 1.82) is 0 Å². The first-order valence-corrected chi connectivity index (χ1v) is 8.71. The molecule has 1 saturated heterocycles. The van der Waals surface area contributed by atoms with E-state index in [0.717, 1.165) is 17.3 Å². The first kappa shape index (κ1) is 15.3. The summed E-state index contributed by atoms with van der Waals surface area (Å²) in [7, 11) is -3.50. The Kier molecular flexibility index (Phi) is 4.89. The molecule has 0 unspecified atom stereocenters. The Morgan fingerprint density at radius 2 is 2.00 bits per heavy atom. The van der Waals surface area contributed by atoms with Crippen molar-refractivity contribution in [1.82, 2.24) is 4.31 Å². The molecular weight excluding hydrogens is 352 g/mol. The molecule has 0 aromatic heterocycles. The molecule has 0 amide bonds. The van der Waals surface area contributed by atoms with E-state index in [9.17, 15) is 8.42 Å². The third-order valence-corrected chi connectivity index (χ3v) is 6.29. The monoisotopic (exact) mass is 366 g/mol. The molecule has 1 aliphatic rings. The fourth-order valence-electron chi connectivity index (χ4n) is 2.21. The highest BCUT2D eigenvalue weighted by atomic mass is 79.9. The van der Waals surface area contributed by atoms with Crippen LogP contribution in [0.2, 0.25) is 5.02 Å². The molecule has 0 spiro atoms. The molecule has 19 heavy (non-hydrogen) atoms. The molecule has 0 radical (unpaired) electrons. The highest BCUT2D eigenvalue weighted by molar-refractivity contribution is 9.10. The molecule has 0 aliphatic carbocycles. The van der Waals surface area contributed by atoms with Gasteiger partial charge in [-0.25, -0.2) is 8.42 Å². The van der Waals surface area contributed by atoms with Gasteiger partial charge in [0, 0.05) is 17.6 Å². The maximum Gasteiger partial charge on any atom is 0.244 e. The van der Waals surface area contributed by atoms with Crippen LogP contribution in [0.25, 0.3) is 0 Å². The molecule has 1 aromatic carbocycles. The number of nitrogens with zero attached hydrogens (tertiary/aromatic N) is 1. The zero-order valence-corrected chi connectivity index (χ0v) is 13.5. The predicted octanol–water partition coefficient (Wildman–Crippen LogP) is 2.46. The molecule has 7 heteroatoms. The number of rotatable bonds is 3. The average molecular weight is 368 g/mol. The lowest BCUT2D eigenvalue weighted by Gasteiger charge is -2.30. The second-order valence-corrected chi connectivity index (χ2v) is 7.89. The molecule has 1 aliphatic heterocycles. The molecule has 2 N–H and O–H groups in total. The molecule has 1 aromatic rings. The van der Waals surface area contributed by atoms with Crippen LogP contribution < -0.4 is 5.73 Å². The molecule has 0 bridgehead atoms. The number of sulfonamides is 1. The van der Waals surface area contributed by atoms with Gasteiger partial charge in [-0.2, -0.15) is 4.31 Å². The van der Waals surface area contributed by atoms with Crippen molar-refractivity contribution < 1.29 is 8.42 Å². The zero-order valence-electron chi connectivity index (χ0n) is 10.4. The van der Waals surface area contributed by atoms with Gasteiger partial charge < -0.3 is 5.73 Å². The summed E-state index contributed by atoms with van der Waals surface area (Å²) in [5.74, 6) is 0.423. The third-order valence-electron chi connectivity index (χ3n) is 3.42. The SMILES string of the molecule is NCC1CCN(S(=O)(=O)c2ccc(Br)cc2Cl)CC1. The fraction of sp³-hybridized carbons (Fsp3) is 0.500. The van der Waals surface area contributed by atoms with Gasteiger partial charge in [0.25, 0.3) is 0 Å². The largest absolute Gasteiger partial charge is 0.330 e. The van der Waals surface area contributed by atoms with E-state index in [2.05, 4.69) is 15.9 Å². The first-order chi connectivity index (χ1) is 8.95. The van der Waals surface area contributed by atoms with Gasteiger partial charge in [0.15, 0.2) is 0 Å². The Balaban J connectivity index is 2.23. The predicted molar refractivity (Wildman–Crippen MR) is 79.7 cm³/mol. The Bertz CT molecular complexity index is 557. The number of halogens is 2. The van der Waals surface area contributed by atoms with Crippen molar-refractivity contribution >= 4 is 37.6 Å². The van der Waals surface area contributed by atoms with E-state index < -0.39 is 10.0 Å². The number of benzene rings is 1. The van der Waals surface area contributed by atoms with E-state index in [0.29, 0.717) is 25.6 Å². The lowest BCUT2D eigenvalue weighted by molar-refractivity contribution is 0.278. The minimum absolute atomic E-state index is 0.170. The minimum atomic E-state index is -3.50. The average Bonchev–Trinajstić information content (AvgIpc) is 2.38. The van der Waals surface area contributed by atoms with E-state index in [-0.39, 0.29) is 9.92 Å². The second kappa shape index (κ2) is 6.10. The van der Waals surface area contributed by atoms with Crippen molar-refractivity contribution in [3.8, 4) is 0 Å². The molecule has 2 rings (SSSR count). The normalized spacial score (nSPS) is 18.7. The summed E-state index contributed by atoms with van der Waals surface area (Å²) in [6.45, 7) is 1.64. The summed E-state index contributed by atoms with van der Waals surface area (Å²) in [6, 6.07) is 4.82. The molecular formula is C12H16BrClN2O2S. The van der Waals surface area contributed by atoms with Gasteiger partial charge >= 0.3 is 0 Å². The maximum atomic E-state index is 12.5. The van der Waals surface area contributed by atoms with Crippen LogP contribution in [0, 0.1) is 5.92 Å². The Morgan fingerprint density at radius 1 is 1.37 bits per heavy atom. The molecule has 1 fully saturated rings. The van der Waals surface area contributed by atoms with Crippen LogP contribution in [0.4, 0.5) is 0 Å². The fourth-order valence-corrected chi connectivity index (χ4v) is 4.69. The van der Waals surface area contributed by atoms with Gasteiger partial charge in [-0.3, -0.25) is 0 Å². The van der Waals surface area contributed by atoms with Crippen molar-refractivity contribution in [2.24, 2.45) is 11.7 Å². The molecule has 1 heterocycles. The highest BCUT2D eigenvalue weighted by Crippen LogP contribution is 2.29. The smallest absolute Gasteiger partial charge is 0.244 e. The van der Waals surface area contributed by atoms with Crippen LogP contribution in [0.1, 0.15) is 12.8 Å². The van der Waals surface area contributed by atoms with E-state index in [1.165, 1.54) is 10.4 Å². The van der Waals surface area contributed by atoms with Crippen LogP contribution in [0.15, 0.2) is 27.6 Å². The minimum Gasteiger partial charge on any atom is -0.330 e. The molecule has 4 nitrogen and oxygen atoms in total. The maximum absolute atomic E-state index is 12.5. The van der Waals surface area contributed by atoms with Crippen LogP contribution in [0.3, 0.4) is 0 Å². The number of nitrogens with two attached hydrogens (primary N) is 1. The van der Waals surface area contributed by atoms with Gasteiger partial charge in [0.05, 0.1) is 5.02 Å². The first-order valence-electron chi connectivity index (χ1n) is 6.10. The summed E-state index contributed by atoms with van der Waals surface area (Å²) in [6.07, 6.45) is 1.62. The molecule has 0 atom stereocenters. The van der Waals surface area contributed by atoms with Crippen molar-refractivity contribution in [2.75, 3.05) is 19.6 Å². The lowest BCUT2D eigenvalue weighted by atomic mass is 9.99. The van der Waals surface area contributed by atoms with Crippen molar-refractivity contribution in [2.45, 2.75) is 17.7 Å². The molecule has 0 saturated carbocycles. The third kappa shape index (κ3) is 3.31. The second-order valence-electron chi connectivity index (χ2n) is 4.66. The highest BCUT2D eigenvalue weighted by Gasteiger charge is 2.30. The summed E-state index contributed by atoms with van der Waals surface area (Å²) >= 11 is 9.30. The standard InChI is InChI=1S/C12H16BrClN2O2S/c13-10-1-2-12(11(14)7-10)19(17,18)16-5-3-9(8-15)4-6-16/h1-2,7,9H,3-6,8,15H2.